The van der Waals surface area contributed by atoms with Crippen LogP contribution in [0.5, 0.6) is 0 Å². The van der Waals surface area contributed by atoms with Crippen molar-refractivity contribution in [2.45, 2.75) is 40.2 Å². The molecule has 0 aliphatic heterocycles. The molecule has 0 bridgehead atoms. The first-order valence-corrected chi connectivity index (χ1v) is 7.17. The van der Waals surface area contributed by atoms with E-state index < -0.39 is 0 Å². The molecule has 0 atom stereocenters. The Labute approximate surface area is 116 Å². The van der Waals surface area contributed by atoms with Crippen molar-refractivity contribution in [2.24, 2.45) is 0 Å². The molecular formula is C17H24N2. The fourth-order valence-electron chi connectivity index (χ4n) is 2.29. The van der Waals surface area contributed by atoms with E-state index in [0.717, 1.165) is 13.1 Å². The van der Waals surface area contributed by atoms with Crippen LogP contribution in [0.15, 0.2) is 36.5 Å². The molecule has 1 aromatic heterocycles. The number of hydrogen-bond donors (Lipinski definition) is 1. The molecule has 2 nitrogen and oxygen atoms in total. The number of nitrogens with zero attached hydrogens (tertiary/aromatic N) is 1. The van der Waals surface area contributed by atoms with Gasteiger partial charge in [-0.25, -0.2) is 0 Å². The van der Waals surface area contributed by atoms with Crippen LogP contribution in [0, 0.1) is 13.8 Å². The smallest absolute Gasteiger partial charge is 0.0484 e. The van der Waals surface area contributed by atoms with Gasteiger partial charge in [-0.2, -0.15) is 0 Å². The van der Waals surface area contributed by atoms with Crippen molar-refractivity contribution in [3.05, 3.63) is 53.3 Å². The molecule has 0 saturated heterocycles. The molecule has 0 unspecified atom stereocenters. The number of unbranched alkanes of at least 4 members (excludes halogenated alkanes) is 1. The molecule has 19 heavy (non-hydrogen) atoms. The van der Waals surface area contributed by atoms with Gasteiger partial charge in [0, 0.05) is 24.1 Å². The minimum atomic E-state index is 0.931. The minimum Gasteiger partial charge on any atom is -0.319 e. The average molecular weight is 256 g/mol. The van der Waals surface area contributed by atoms with Crippen molar-refractivity contribution in [3.63, 3.8) is 0 Å². The molecule has 102 valence electrons. The quantitative estimate of drug-likeness (QED) is 0.773. The highest BCUT2D eigenvalue weighted by Crippen LogP contribution is 2.18. The molecule has 0 aliphatic carbocycles. The van der Waals surface area contributed by atoms with Gasteiger partial charge in [0.25, 0.3) is 0 Å². The Morgan fingerprint density at radius 2 is 2.00 bits per heavy atom. The molecule has 1 N–H and O–H groups in total. The number of rotatable bonds is 6. The first-order valence-electron chi connectivity index (χ1n) is 7.17. The monoisotopic (exact) mass is 256 g/mol. The van der Waals surface area contributed by atoms with Gasteiger partial charge in [0.15, 0.2) is 0 Å². The summed E-state index contributed by atoms with van der Waals surface area (Å²) < 4.78 is 2.29. The Bertz CT molecular complexity index is 526. The summed E-state index contributed by atoms with van der Waals surface area (Å²) in [5, 5.41) is 3.51. The molecular weight excluding hydrogens is 232 g/mol. The molecule has 0 radical (unpaired) electrons. The van der Waals surface area contributed by atoms with Gasteiger partial charge >= 0.3 is 0 Å². The van der Waals surface area contributed by atoms with Gasteiger partial charge in [0.05, 0.1) is 0 Å². The van der Waals surface area contributed by atoms with Gasteiger partial charge in [-0.3, -0.25) is 0 Å². The molecule has 2 rings (SSSR count). The van der Waals surface area contributed by atoms with Crippen molar-refractivity contribution in [2.75, 3.05) is 6.54 Å². The summed E-state index contributed by atoms with van der Waals surface area (Å²) in [6.07, 6.45) is 4.63. The second-order valence-corrected chi connectivity index (χ2v) is 5.19. The maximum atomic E-state index is 3.51. The van der Waals surface area contributed by atoms with Gasteiger partial charge in [0.2, 0.25) is 0 Å². The predicted octanol–water partition coefficient (Wildman–Crippen LogP) is 3.98. The highest BCUT2D eigenvalue weighted by atomic mass is 15.0. The van der Waals surface area contributed by atoms with Gasteiger partial charge < -0.3 is 9.88 Å². The van der Waals surface area contributed by atoms with Crippen LogP contribution in [0.25, 0.3) is 5.69 Å². The summed E-state index contributed by atoms with van der Waals surface area (Å²) in [5.74, 6) is 0. The Morgan fingerprint density at radius 1 is 1.16 bits per heavy atom. The molecule has 0 aliphatic rings. The molecule has 2 heteroatoms. The zero-order chi connectivity index (χ0) is 13.7. The van der Waals surface area contributed by atoms with Crippen LogP contribution < -0.4 is 5.32 Å². The van der Waals surface area contributed by atoms with E-state index in [0.29, 0.717) is 0 Å². The molecule has 0 spiro atoms. The lowest BCUT2D eigenvalue weighted by molar-refractivity contribution is 0.627. The molecule has 0 fully saturated rings. The second kappa shape index (κ2) is 6.58. The summed E-state index contributed by atoms with van der Waals surface area (Å²) in [5.41, 5.74) is 5.23. The van der Waals surface area contributed by atoms with Gasteiger partial charge in [0.1, 0.15) is 0 Å². The summed E-state index contributed by atoms with van der Waals surface area (Å²) in [4.78, 5) is 0. The Kier molecular flexibility index (Phi) is 4.80. The summed E-state index contributed by atoms with van der Waals surface area (Å²) in [6, 6.07) is 10.9. The molecule has 1 heterocycles. The maximum Gasteiger partial charge on any atom is 0.0484 e. The lowest BCUT2D eigenvalue weighted by Crippen LogP contribution is -2.17. The van der Waals surface area contributed by atoms with Crippen molar-refractivity contribution < 1.29 is 0 Å². The van der Waals surface area contributed by atoms with E-state index in [1.807, 2.05) is 0 Å². The van der Waals surface area contributed by atoms with Crippen LogP contribution in [0.2, 0.25) is 0 Å². The zero-order valence-electron chi connectivity index (χ0n) is 12.2. The highest BCUT2D eigenvalue weighted by Gasteiger charge is 2.05. The van der Waals surface area contributed by atoms with E-state index in [4.69, 9.17) is 0 Å². The predicted molar refractivity (Wildman–Crippen MR) is 81.9 cm³/mol. The maximum absolute atomic E-state index is 3.51. The fraction of sp³-hybridized carbons (Fsp3) is 0.412. The van der Waals surface area contributed by atoms with Crippen molar-refractivity contribution in [3.8, 4) is 5.69 Å². The van der Waals surface area contributed by atoms with E-state index in [2.05, 4.69) is 67.2 Å². The third kappa shape index (κ3) is 3.48. The number of nitrogens with one attached hydrogen (secondary N) is 1. The number of aryl methyl sites for hydroxylation is 2. The topological polar surface area (TPSA) is 17.0 Å². The number of hydrogen-bond acceptors (Lipinski definition) is 1. The van der Waals surface area contributed by atoms with Gasteiger partial charge in [-0.1, -0.05) is 25.5 Å². The van der Waals surface area contributed by atoms with Crippen molar-refractivity contribution in [1.82, 2.24) is 9.88 Å². The molecule has 2 aromatic rings. The minimum absolute atomic E-state index is 0.931. The van der Waals surface area contributed by atoms with Crippen molar-refractivity contribution in [1.29, 1.82) is 0 Å². The Balaban J connectivity index is 2.16. The van der Waals surface area contributed by atoms with Crippen LogP contribution >= 0.6 is 0 Å². The Morgan fingerprint density at radius 3 is 2.79 bits per heavy atom. The van der Waals surface area contributed by atoms with Crippen LogP contribution in [0.3, 0.4) is 0 Å². The summed E-state index contributed by atoms with van der Waals surface area (Å²) in [7, 11) is 0. The summed E-state index contributed by atoms with van der Waals surface area (Å²) in [6.45, 7) is 8.56. The molecule has 0 amide bonds. The lowest BCUT2D eigenvalue weighted by Gasteiger charge is -2.13. The average Bonchev–Trinajstić information content (AvgIpc) is 2.86. The lowest BCUT2D eigenvalue weighted by atomic mass is 10.1. The largest absolute Gasteiger partial charge is 0.319 e. The van der Waals surface area contributed by atoms with Crippen LogP contribution in [-0.2, 0) is 6.54 Å². The van der Waals surface area contributed by atoms with Crippen LogP contribution in [-0.4, -0.2) is 11.1 Å². The molecule has 0 saturated carbocycles. The third-order valence-electron chi connectivity index (χ3n) is 3.47. The van der Waals surface area contributed by atoms with Gasteiger partial charge in [-0.05, 0) is 56.1 Å². The SMILES string of the molecule is CCCCNCc1cccn1-c1cc(C)ccc1C. The van der Waals surface area contributed by atoms with Crippen molar-refractivity contribution >= 4 is 0 Å². The first-order chi connectivity index (χ1) is 9.22. The van der Waals surface area contributed by atoms with Gasteiger partial charge in [-0.15, -0.1) is 0 Å². The zero-order valence-corrected chi connectivity index (χ0v) is 12.2. The molecule has 1 aromatic carbocycles. The third-order valence-corrected chi connectivity index (χ3v) is 3.47. The van der Waals surface area contributed by atoms with Crippen LogP contribution in [0.1, 0.15) is 36.6 Å². The van der Waals surface area contributed by atoms with E-state index in [9.17, 15) is 0 Å². The van der Waals surface area contributed by atoms with E-state index >= 15 is 0 Å². The highest BCUT2D eigenvalue weighted by molar-refractivity contribution is 5.44. The summed E-state index contributed by atoms with van der Waals surface area (Å²) >= 11 is 0. The normalized spacial score (nSPS) is 10.9. The van der Waals surface area contributed by atoms with E-state index in [1.54, 1.807) is 0 Å². The number of aromatic nitrogens is 1. The Hall–Kier alpha value is -1.54. The second-order valence-electron chi connectivity index (χ2n) is 5.19. The number of benzene rings is 1. The van der Waals surface area contributed by atoms with E-state index in [-0.39, 0.29) is 0 Å². The van der Waals surface area contributed by atoms with E-state index in [1.165, 1.54) is 35.3 Å². The fourth-order valence-corrected chi connectivity index (χ4v) is 2.29. The first kappa shape index (κ1) is 13.9. The standard InChI is InChI=1S/C17H24N2/c1-4-5-10-18-13-16-7-6-11-19(16)17-12-14(2)8-9-15(17)3/h6-9,11-12,18H,4-5,10,13H2,1-3H3. The van der Waals surface area contributed by atoms with Crippen LogP contribution in [0.4, 0.5) is 0 Å².